The molecule has 0 spiro atoms. The molecule has 0 atom stereocenters. The molecule has 0 saturated heterocycles. The van der Waals surface area contributed by atoms with Crippen LogP contribution in [0.4, 0.5) is 10.1 Å². The molecule has 3 nitrogen and oxygen atoms in total. The third-order valence-corrected chi connectivity index (χ3v) is 4.10. The first-order valence-corrected chi connectivity index (χ1v) is 8.24. The van der Waals surface area contributed by atoms with Gasteiger partial charge in [-0.3, -0.25) is 9.69 Å². The molecule has 0 aliphatic carbocycles. The predicted molar refractivity (Wildman–Crippen MR) is 101 cm³/mol. The second-order valence-electron chi connectivity index (χ2n) is 5.83. The Balaban J connectivity index is 1.84. The van der Waals surface area contributed by atoms with Crippen molar-refractivity contribution in [1.82, 2.24) is 0 Å². The van der Waals surface area contributed by atoms with Crippen molar-refractivity contribution in [2.75, 3.05) is 4.90 Å². The van der Waals surface area contributed by atoms with Gasteiger partial charge in [-0.1, -0.05) is 66.7 Å². The lowest BCUT2D eigenvalue weighted by molar-refractivity contribution is -0.113. The first kappa shape index (κ1) is 16.0. The Morgan fingerprint density at radius 1 is 0.808 bits per heavy atom. The van der Waals surface area contributed by atoms with Gasteiger partial charge in [-0.05, 0) is 24.3 Å². The van der Waals surface area contributed by atoms with Gasteiger partial charge in [0.25, 0.3) is 5.91 Å². The molecule has 0 saturated carbocycles. The van der Waals surface area contributed by atoms with E-state index in [0.717, 1.165) is 11.3 Å². The number of amides is 1. The van der Waals surface area contributed by atoms with Crippen LogP contribution in [0.5, 0.6) is 0 Å². The molecule has 4 rings (SSSR count). The van der Waals surface area contributed by atoms with E-state index in [1.54, 1.807) is 23.1 Å². The molecule has 1 heterocycles. The lowest BCUT2D eigenvalue weighted by atomic mass is 10.1. The summed E-state index contributed by atoms with van der Waals surface area (Å²) in [5.74, 6) is -0.134. The van der Waals surface area contributed by atoms with E-state index in [1.807, 2.05) is 60.7 Å². The Hall–Kier alpha value is -3.53. The lowest BCUT2D eigenvalue weighted by Crippen LogP contribution is -2.32. The van der Waals surface area contributed by atoms with Crippen LogP contribution in [-0.2, 0) is 4.79 Å². The molecule has 0 fully saturated rings. The van der Waals surface area contributed by atoms with E-state index in [0.29, 0.717) is 11.4 Å². The smallest absolute Gasteiger partial charge is 0.266 e. The van der Waals surface area contributed by atoms with Crippen molar-refractivity contribution in [1.29, 1.82) is 0 Å². The number of benzene rings is 3. The van der Waals surface area contributed by atoms with Gasteiger partial charge >= 0.3 is 0 Å². The van der Waals surface area contributed by atoms with Gasteiger partial charge in [-0.2, -0.15) is 0 Å². The van der Waals surface area contributed by atoms with Crippen LogP contribution in [0.1, 0.15) is 11.1 Å². The van der Waals surface area contributed by atoms with Crippen LogP contribution in [0.3, 0.4) is 0 Å². The van der Waals surface area contributed by atoms with Crippen LogP contribution in [0.25, 0.3) is 6.08 Å². The number of amidine groups is 1. The zero-order valence-electron chi connectivity index (χ0n) is 13.8. The number of aliphatic imine (C=N–C) groups is 1. The molecule has 0 unspecified atom stereocenters. The highest BCUT2D eigenvalue weighted by Crippen LogP contribution is 2.28. The molecule has 26 heavy (non-hydrogen) atoms. The first-order valence-electron chi connectivity index (χ1n) is 8.24. The molecule has 1 aliphatic heterocycles. The maximum atomic E-state index is 14.0. The van der Waals surface area contributed by atoms with Crippen molar-refractivity contribution in [2.24, 2.45) is 4.99 Å². The van der Waals surface area contributed by atoms with Gasteiger partial charge in [-0.25, -0.2) is 9.38 Å². The van der Waals surface area contributed by atoms with Crippen LogP contribution in [-0.4, -0.2) is 11.7 Å². The molecule has 0 N–H and O–H groups in total. The van der Waals surface area contributed by atoms with Crippen molar-refractivity contribution in [2.45, 2.75) is 0 Å². The maximum Gasteiger partial charge on any atom is 0.282 e. The summed E-state index contributed by atoms with van der Waals surface area (Å²) in [5, 5.41) is 0. The number of hydrogen-bond donors (Lipinski definition) is 0. The molecule has 0 bridgehead atoms. The average Bonchev–Trinajstić information content (AvgIpc) is 3.01. The molecule has 3 aromatic rings. The van der Waals surface area contributed by atoms with Gasteiger partial charge in [0.2, 0.25) is 0 Å². The number of rotatable bonds is 3. The van der Waals surface area contributed by atoms with E-state index in [4.69, 9.17) is 0 Å². The summed E-state index contributed by atoms with van der Waals surface area (Å²) in [6.07, 6.45) is 1.49. The fourth-order valence-electron chi connectivity index (χ4n) is 2.85. The average molecular weight is 342 g/mol. The summed E-state index contributed by atoms with van der Waals surface area (Å²) < 4.78 is 14.0. The summed E-state index contributed by atoms with van der Waals surface area (Å²) in [6.45, 7) is 0. The van der Waals surface area contributed by atoms with Gasteiger partial charge < -0.3 is 0 Å². The van der Waals surface area contributed by atoms with Crippen molar-refractivity contribution < 1.29 is 9.18 Å². The van der Waals surface area contributed by atoms with E-state index in [2.05, 4.69) is 4.99 Å². The minimum atomic E-state index is -0.387. The van der Waals surface area contributed by atoms with Crippen LogP contribution in [0.2, 0.25) is 0 Å². The van der Waals surface area contributed by atoms with Crippen molar-refractivity contribution in [3.05, 3.63) is 108 Å². The molecule has 126 valence electrons. The highest BCUT2D eigenvalue weighted by atomic mass is 19.1. The molecule has 4 heteroatoms. The Morgan fingerprint density at radius 3 is 2.12 bits per heavy atom. The summed E-state index contributed by atoms with van der Waals surface area (Å²) >= 11 is 0. The Kier molecular flexibility index (Phi) is 4.15. The summed E-state index contributed by atoms with van der Waals surface area (Å²) in [5.41, 5.74) is 2.08. The Labute approximate surface area is 150 Å². The number of anilines is 1. The van der Waals surface area contributed by atoms with E-state index in [1.165, 1.54) is 12.1 Å². The Morgan fingerprint density at radius 2 is 1.42 bits per heavy atom. The lowest BCUT2D eigenvalue weighted by Gasteiger charge is -2.18. The second-order valence-corrected chi connectivity index (χ2v) is 5.83. The van der Waals surface area contributed by atoms with Crippen molar-refractivity contribution in [3.8, 4) is 0 Å². The van der Waals surface area contributed by atoms with E-state index in [9.17, 15) is 9.18 Å². The number of hydrogen-bond acceptors (Lipinski definition) is 2. The number of carbonyl (C=O) groups excluding carboxylic acids is 1. The van der Waals surface area contributed by atoms with E-state index in [-0.39, 0.29) is 17.4 Å². The third kappa shape index (κ3) is 2.93. The normalized spacial score (nSPS) is 15.4. The number of nitrogens with zero attached hydrogens (tertiary/aromatic N) is 2. The van der Waals surface area contributed by atoms with E-state index < -0.39 is 0 Å². The van der Waals surface area contributed by atoms with Gasteiger partial charge in [0.05, 0.1) is 5.69 Å². The summed E-state index contributed by atoms with van der Waals surface area (Å²) in [4.78, 5) is 19.1. The highest BCUT2D eigenvalue weighted by molar-refractivity contribution is 6.33. The number of carbonyl (C=O) groups is 1. The first-order chi connectivity index (χ1) is 12.7. The van der Waals surface area contributed by atoms with Crippen LogP contribution < -0.4 is 4.90 Å². The molecular weight excluding hydrogens is 327 g/mol. The SMILES string of the molecule is O=C1C(=Cc2ccccc2F)N=C(c2ccccc2)N1c1ccccc1. The highest BCUT2D eigenvalue weighted by Gasteiger charge is 2.32. The van der Waals surface area contributed by atoms with Gasteiger partial charge in [-0.15, -0.1) is 0 Å². The van der Waals surface area contributed by atoms with Gasteiger partial charge in [0.15, 0.2) is 0 Å². The molecule has 0 radical (unpaired) electrons. The van der Waals surface area contributed by atoms with Crippen LogP contribution in [0, 0.1) is 5.82 Å². The molecule has 0 aromatic heterocycles. The standard InChI is InChI=1S/C22H15FN2O/c23-19-14-8-7-11-17(19)15-20-22(26)25(18-12-5-2-6-13-18)21(24-20)16-9-3-1-4-10-16/h1-15H. The number of para-hydroxylation sites is 1. The van der Waals surface area contributed by atoms with E-state index >= 15 is 0 Å². The van der Waals surface area contributed by atoms with Crippen molar-refractivity contribution in [3.63, 3.8) is 0 Å². The minimum absolute atomic E-state index is 0.206. The summed E-state index contributed by atoms with van der Waals surface area (Å²) in [7, 11) is 0. The minimum Gasteiger partial charge on any atom is -0.266 e. The fourth-order valence-corrected chi connectivity index (χ4v) is 2.85. The predicted octanol–water partition coefficient (Wildman–Crippen LogP) is 4.66. The number of halogens is 1. The van der Waals surface area contributed by atoms with Crippen molar-refractivity contribution >= 4 is 23.5 Å². The molecule has 3 aromatic carbocycles. The van der Waals surface area contributed by atoms with Crippen LogP contribution >= 0.6 is 0 Å². The topological polar surface area (TPSA) is 32.7 Å². The van der Waals surface area contributed by atoms with Gasteiger partial charge in [0, 0.05) is 11.1 Å². The second kappa shape index (κ2) is 6.76. The quantitative estimate of drug-likeness (QED) is 0.637. The zero-order valence-corrected chi connectivity index (χ0v) is 13.8. The Bertz CT molecular complexity index is 1010. The fraction of sp³-hybridized carbons (Fsp3) is 0. The third-order valence-electron chi connectivity index (χ3n) is 4.10. The monoisotopic (exact) mass is 342 g/mol. The maximum absolute atomic E-state index is 14.0. The molecule has 1 amide bonds. The zero-order chi connectivity index (χ0) is 17.9. The largest absolute Gasteiger partial charge is 0.282 e. The van der Waals surface area contributed by atoms with Gasteiger partial charge in [0.1, 0.15) is 17.3 Å². The van der Waals surface area contributed by atoms with Crippen LogP contribution in [0.15, 0.2) is 95.6 Å². The molecular formula is C22H15FN2O. The summed E-state index contributed by atoms with van der Waals surface area (Å²) in [6, 6.07) is 25.1. The molecule has 1 aliphatic rings.